The number of anilines is 2. The van der Waals surface area contributed by atoms with Crippen LogP contribution in [0.2, 0.25) is 0 Å². The highest BCUT2D eigenvalue weighted by Crippen LogP contribution is 2.52. The standard InChI is InChI=1S/C21H21N3OS/c1-24-19-12-16(25-2)8-9-20(19)26-21(24)17-14-22-11-10-18(17)23-13-15-6-4-3-5-7-15/h3-12,14,21H,13H2,1-2H3,(H,22,23). The first-order chi connectivity index (χ1) is 12.8. The van der Waals surface area contributed by atoms with Crippen molar-refractivity contribution in [2.45, 2.75) is 16.8 Å². The second-order valence-electron chi connectivity index (χ2n) is 6.22. The van der Waals surface area contributed by atoms with Gasteiger partial charge in [0.1, 0.15) is 11.1 Å². The van der Waals surface area contributed by atoms with Gasteiger partial charge in [0.05, 0.1) is 12.8 Å². The number of hydrogen-bond donors (Lipinski definition) is 1. The summed E-state index contributed by atoms with van der Waals surface area (Å²) in [7, 11) is 3.82. The molecule has 0 fully saturated rings. The van der Waals surface area contributed by atoms with Crippen LogP contribution in [0.5, 0.6) is 5.75 Å². The molecule has 4 nitrogen and oxygen atoms in total. The van der Waals surface area contributed by atoms with E-state index in [4.69, 9.17) is 4.74 Å². The van der Waals surface area contributed by atoms with Crippen molar-refractivity contribution in [2.75, 3.05) is 24.4 Å². The summed E-state index contributed by atoms with van der Waals surface area (Å²) in [6.45, 7) is 0.791. The molecule has 0 saturated heterocycles. The van der Waals surface area contributed by atoms with Crippen molar-refractivity contribution in [1.82, 2.24) is 4.98 Å². The van der Waals surface area contributed by atoms with E-state index in [1.165, 1.54) is 21.7 Å². The van der Waals surface area contributed by atoms with Crippen molar-refractivity contribution in [2.24, 2.45) is 0 Å². The van der Waals surface area contributed by atoms with Gasteiger partial charge in [-0.1, -0.05) is 42.1 Å². The Bertz CT molecular complexity index is 901. The number of fused-ring (bicyclic) bond motifs is 1. The van der Waals surface area contributed by atoms with Crippen molar-refractivity contribution in [3.05, 3.63) is 78.1 Å². The highest BCUT2D eigenvalue weighted by atomic mass is 32.2. The first-order valence-electron chi connectivity index (χ1n) is 8.55. The van der Waals surface area contributed by atoms with Gasteiger partial charge >= 0.3 is 0 Å². The molecule has 2 heterocycles. The quantitative estimate of drug-likeness (QED) is 0.695. The van der Waals surface area contributed by atoms with E-state index in [9.17, 15) is 0 Å². The second kappa shape index (κ2) is 7.30. The van der Waals surface area contributed by atoms with E-state index >= 15 is 0 Å². The van der Waals surface area contributed by atoms with Crippen molar-refractivity contribution < 1.29 is 4.74 Å². The smallest absolute Gasteiger partial charge is 0.121 e. The van der Waals surface area contributed by atoms with Crippen LogP contribution in [-0.2, 0) is 6.54 Å². The van der Waals surface area contributed by atoms with Gasteiger partial charge in [-0.25, -0.2) is 0 Å². The lowest BCUT2D eigenvalue weighted by Crippen LogP contribution is -2.18. The number of pyridine rings is 1. The highest BCUT2D eigenvalue weighted by molar-refractivity contribution is 8.00. The summed E-state index contributed by atoms with van der Waals surface area (Å²) in [4.78, 5) is 7.92. The van der Waals surface area contributed by atoms with Crippen LogP contribution in [0.25, 0.3) is 0 Å². The minimum atomic E-state index is 0.184. The molecule has 0 aliphatic carbocycles. The number of hydrogen-bond acceptors (Lipinski definition) is 5. The van der Waals surface area contributed by atoms with E-state index in [1.807, 2.05) is 36.3 Å². The van der Waals surface area contributed by atoms with E-state index in [0.29, 0.717) is 0 Å². The summed E-state index contributed by atoms with van der Waals surface area (Å²) in [6, 6.07) is 18.7. The van der Waals surface area contributed by atoms with Crippen LogP contribution in [0.15, 0.2) is 71.9 Å². The summed E-state index contributed by atoms with van der Waals surface area (Å²) in [5.74, 6) is 0.880. The maximum Gasteiger partial charge on any atom is 0.121 e. The number of ether oxygens (including phenoxy) is 1. The molecule has 132 valence electrons. The third-order valence-electron chi connectivity index (χ3n) is 4.58. The number of aromatic nitrogens is 1. The predicted molar refractivity (Wildman–Crippen MR) is 108 cm³/mol. The fraction of sp³-hybridized carbons (Fsp3) is 0.190. The summed E-state index contributed by atoms with van der Waals surface area (Å²) >= 11 is 1.84. The zero-order chi connectivity index (χ0) is 17.9. The number of thioether (sulfide) groups is 1. The Labute approximate surface area is 158 Å². The van der Waals surface area contributed by atoms with Crippen LogP contribution >= 0.6 is 11.8 Å². The molecule has 0 spiro atoms. The van der Waals surface area contributed by atoms with Gasteiger partial charge in [0.25, 0.3) is 0 Å². The summed E-state index contributed by atoms with van der Waals surface area (Å²) in [5, 5.41) is 3.76. The Balaban J connectivity index is 1.59. The van der Waals surface area contributed by atoms with Gasteiger partial charge in [-0.15, -0.1) is 0 Å². The SMILES string of the molecule is COc1ccc2c(c1)N(C)C(c1cnccc1NCc1ccccc1)S2. The number of benzene rings is 2. The third-order valence-corrected chi connectivity index (χ3v) is 5.97. The van der Waals surface area contributed by atoms with E-state index in [0.717, 1.165) is 18.0 Å². The van der Waals surface area contributed by atoms with Gasteiger partial charge in [0.15, 0.2) is 0 Å². The Morgan fingerprint density at radius 3 is 2.81 bits per heavy atom. The molecule has 1 unspecified atom stereocenters. The van der Waals surface area contributed by atoms with Crippen molar-refractivity contribution in [3.8, 4) is 5.75 Å². The molecule has 0 amide bonds. The molecule has 0 saturated carbocycles. The summed E-state index contributed by atoms with van der Waals surface area (Å²) in [5.41, 5.74) is 4.76. The van der Waals surface area contributed by atoms with Crippen molar-refractivity contribution in [1.29, 1.82) is 0 Å². The van der Waals surface area contributed by atoms with Crippen molar-refractivity contribution >= 4 is 23.1 Å². The molecule has 5 heteroatoms. The largest absolute Gasteiger partial charge is 0.497 e. The van der Waals surface area contributed by atoms with Crippen LogP contribution in [-0.4, -0.2) is 19.1 Å². The van der Waals surface area contributed by atoms with Gasteiger partial charge in [0, 0.05) is 48.2 Å². The monoisotopic (exact) mass is 363 g/mol. The lowest BCUT2D eigenvalue weighted by molar-refractivity contribution is 0.414. The molecule has 1 atom stereocenters. The molecule has 2 aromatic carbocycles. The molecule has 0 bridgehead atoms. The maximum absolute atomic E-state index is 5.38. The summed E-state index contributed by atoms with van der Waals surface area (Å²) in [6.07, 6.45) is 3.80. The first kappa shape index (κ1) is 16.8. The van der Waals surface area contributed by atoms with E-state index in [-0.39, 0.29) is 5.37 Å². The van der Waals surface area contributed by atoms with Crippen LogP contribution < -0.4 is 15.0 Å². The van der Waals surface area contributed by atoms with E-state index in [1.54, 1.807) is 7.11 Å². The summed E-state index contributed by atoms with van der Waals surface area (Å²) < 4.78 is 5.38. The Morgan fingerprint density at radius 1 is 1.15 bits per heavy atom. The first-order valence-corrected chi connectivity index (χ1v) is 9.43. The average molecular weight is 363 g/mol. The number of methoxy groups -OCH3 is 1. The van der Waals surface area contributed by atoms with Crippen molar-refractivity contribution in [3.63, 3.8) is 0 Å². The van der Waals surface area contributed by atoms with Gasteiger partial charge in [-0.05, 0) is 23.8 Å². The second-order valence-corrected chi connectivity index (χ2v) is 7.34. The number of rotatable bonds is 5. The molecule has 3 aromatic rings. The minimum Gasteiger partial charge on any atom is -0.497 e. The molecule has 1 aromatic heterocycles. The molecule has 0 radical (unpaired) electrons. The zero-order valence-electron chi connectivity index (χ0n) is 14.8. The molecule has 4 rings (SSSR count). The van der Waals surface area contributed by atoms with E-state index < -0.39 is 0 Å². The van der Waals surface area contributed by atoms with Crippen LogP contribution in [0.1, 0.15) is 16.5 Å². The van der Waals surface area contributed by atoms with E-state index in [2.05, 4.69) is 64.7 Å². The van der Waals surface area contributed by atoms with Gasteiger partial charge < -0.3 is 15.0 Å². The topological polar surface area (TPSA) is 37.4 Å². The zero-order valence-corrected chi connectivity index (χ0v) is 15.7. The average Bonchev–Trinajstić information content (AvgIpc) is 3.03. The lowest BCUT2D eigenvalue weighted by Gasteiger charge is -2.24. The normalized spacial score (nSPS) is 15.6. The minimum absolute atomic E-state index is 0.184. The predicted octanol–water partition coefficient (Wildman–Crippen LogP) is 4.94. The van der Waals surface area contributed by atoms with Gasteiger partial charge in [-0.3, -0.25) is 4.98 Å². The van der Waals surface area contributed by atoms with Crippen LogP contribution in [0.4, 0.5) is 11.4 Å². The molecule has 1 aliphatic heterocycles. The third kappa shape index (κ3) is 3.22. The van der Waals surface area contributed by atoms with Crippen LogP contribution in [0.3, 0.4) is 0 Å². The number of nitrogens with one attached hydrogen (secondary N) is 1. The van der Waals surface area contributed by atoms with Gasteiger partial charge in [0.2, 0.25) is 0 Å². The highest BCUT2D eigenvalue weighted by Gasteiger charge is 2.30. The maximum atomic E-state index is 5.38. The molecule has 26 heavy (non-hydrogen) atoms. The van der Waals surface area contributed by atoms with Gasteiger partial charge in [-0.2, -0.15) is 0 Å². The fourth-order valence-electron chi connectivity index (χ4n) is 3.15. The molecular weight excluding hydrogens is 342 g/mol. The molecule has 1 N–H and O–H groups in total. The molecular formula is C21H21N3OS. The Morgan fingerprint density at radius 2 is 2.00 bits per heavy atom. The molecule has 1 aliphatic rings. The Kier molecular flexibility index (Phi) is 4.71. The number of nitrogens with zero attached hydrogens (tertiary/aromatic N) is 2. The fourth-order valence-corrected chi connectivity index (χ4v) is 4.45. The van der Waals surface area contributed by atoms with Crippen LogP contribution in [0, 0.1) is 0 Å². The Hall–Kier alpha value is -2.66. The lowest BCUT2D eigenvalue weighted by atomic mass is 10.1.